The van der Waals surface area contributed by atoms with Crippen molar-refractivity contribution in [1.29, 1.82) is 5.26 Å². The number of halogens is 3. The lowest BCUT2D eigenvalue weighted by Crippen LogP contribution is -2.17. The third-order valence-corrected chi connectivity index (χ3v) is 10.8. The van der Waals surface area contributed by atoms with E-state index in [-0.39, 0.29) is 11.4 Å². The van der Waals surface area contributed by atoms with Gasteiger partial charge in [0.1, 0.15) is 28.9 Å². The van der Waals surface area contributed by atoms with Gasteiger partial charge in [-0.3, -0.25) is 0 Å². The number of alkyl halides is 3. The number of aryl methyl sites for hydroxylation is 4. The Labute approximate surface area is 341 Å². The number of hydrogen-bond acceptors (Lipinski definition) is 7. The van der Waals surface area contributed by atoms with Crippen LogP contribution >= 0.6 is 0 Å². The summed E-state index contributed by atoms with van der Waals surface area (Å²) in [5.74, 6) is 2.96. The van der Waals surface area contributed by atoms with E-state index in [2.05, 4.69) is 36.0 Å². The molecule has 10 rings (SSSR count). The molecular formula is C48H32F3N9. The van der Waals surface area contributed by atoms with E-state index < -0.39 is 11.7 Å². The number of para-hydroxylation sites is 2. The van der Waals surface area contributed by atoms with Crippen molar-refractivity contribution >= 4 is 43.6 Å². The second-order valence-electron chi connectivity index (χ2n) is 14.7. The summed E-state index contributed by atoms with van der Waals surface area (Å²) >= 11 is 0. The normalized spacial score (nSPS) is 11.9. The van der Waals surface area contributed by atoms with Crippen LogP contribution in [0.15, 0.2) is 121 Å². The van der Waals surface area contributed by atoms with E-state index in [1.165, 1.54) is 6.07 Å². The molecule has 0 aliphatic rings. The Balaban J connectivity index is 1.37. The molecule has 12 heteroatoms. The molecule has 0 fully saturated rings. The van der Waals surface area contributed by atoms with E-state index in [4.69, 9.17) is 0 Å². The van der Waals surface area contributed by atoms with Crippen LogP contribution in [0.5, 0.6) is 0 Å². The van der Waals surface area contributed by atoms with E-state index in [1.54, 1.807) is 67.2 Å². The van der Waals surface area contributed by atoms with Gasteiger partial charge in [0.15, 0.2) is 11.6 Å². The van der Waals surface area contributed by atoms with Crippen molar-refractivity contribution in [3.8, 4) is 51.3 Å². The number of benzene rings is 6. The molecule has 0 radical (unpaired) electrons. The number of nitriles is 1. The molecule has 0 bridgehead atoms. The van der Waals surface area contributed by atoms with E-state index in [9.17, 15) is 5.26 Å². The summed E-state index contributed by atoms with van der Waals surface area (Å²) in [6, 6.07) is 38.3. The number of fused-ring (bicyclic) bond motifs is 6. The molecule has 0 aliphatic heterocycles. The average Bonchev–Trinajstić information content (AvgIpc) is 3.74. The second-order valence-corrected chi connectivity index (χ2v) is 14.7. The van der Waals surface area contributed by atoms with Crippen LogP contribution in [0.4, 0.5) is 13.2 Å². The zero-order valence-electron chi connectivity index (χ0n) is 32.7. The quantitative estimate of drug-likeness (QED) is 0.171. The molecular weight excluding hydrogens is 760 g/mol. The minimum absolute atomic E-state index is 0.0742. The van der Waals surface area contributed by atoms with Crippen LogP contribution in [0.3, 0.4) is 0 Å². The van der Waals surface area contributed by atoms with Crippen molar-refractivity contribution < 1.29 is 13.2 Å². The Morgan fingerprint density at radius 3 is 1.52 bits per heavy atom. The molecule has 0 aliphatic carbocycles. The standard InChI is InChI=1S/C48H32F3N9/c1-26-53-27(2)56-46(55-26)32-16-18-37-35-12-5-7-14-39(35)59(42(37)23-32)41-21-20-34(31-11-9-10-30(22-31)25-52)45(44(41)48(49,50)51)60-40-15-8-6-13-36(40)38-19-17-33(24-43(38)60)47-57-28(3)54-29(4)58-47/h5-24H,1-4H3. The lowest BCUT2D eigenvalue weighted by atomic mass is 9.96. The molecule has 10 aromatic rings. The number of rotatable bonds is 5. The fourth-order valence-corrected chi connectivity index (χ4v) is 8.48. The van der Waals surface area contributed by atoms with Gasteiger partial charge in [-0.2, -0.15) is 18.4 Å². The Kier molecular flexibility index (Phi) is 8.33. The molecule has 0 N–H and O–H groups in total. The van der Waals surface area contributed by atoms with Crippen molar-refractivity contribution in [3.05, 3.63) is 156 Å². The highest BCUT2D eigenvalue weighted by atomic mass is 19.4. The van der Waals surface area contributed by atoms with E-state index in [0.717, 1.165) is 21.5 Å². The predicted molar refractivity (Wildman–Crippen MR) is 227 cm³/mol. The van der Waals surface area contributed by atoms with Crippen molar-refractivity contribution in [2.45, 2.75) is 33.9 Å². The minimum atomic E-state index is -4.90. The topological polar surface area (TPSA) is 111 Å². The van der Waals surface area contributed by atoms with Gasteiger partial charge in [0.05, 0.1) is 45.1 Å². The van der Waals surface area contributed by atoms with Crippen LogP contribution in [0.1, 0.15) is 34.4 Å². The first-order valence-corrected chi connectivity index (χ1v) is 19.2. The molecule has 0 unspecified atom stereocenters. The molecule has 0 saturated heterocycles. The number of aromatic nitrogens is 8. The summed E-state index contributed by atoms with van der Waals surface area (Å²) < 4.78 is 53.4. The molecule has 0 atom stereocenters. The van der Waals surface area contributed by atoms with Crippen molar-refractivity contribution in [3.63, 3.8) is 0 Å². The van der Waals surface area contributed by atoms with Gasteiger partial charge in [-0.15, -0.1) is 0 Å². The van der Waals surface area contributed by atoms with Gasteiger partial charge in [0.25, 0.3) is 0 Å². The molecule has 4 aromatic heterocycles. The molecule has 0 spiro atoms. The zero-order valence-corrected chi connectivity index (χ0v) is 32.7. The first-order chi connectivity index (χ1) is 29.0. The van der Waals surface area contributed by atoms with E-state index in [0.29, 0.717) is 84.8 Å². The summed E-state index contributed by atoms with van der Waals surface area (Å²) in [6.07, 6.45) is -4.90. The number of nitrogens with zero attached hydrogens (tertiary/aromatic N) is 9. The van der Waals surface area contributed by atoms with Gasteiger partial charge >= 0.3 is 6.18 Å². The molecule has 60 heavy (non-hydrogen) atoms. The summed E-state index contributed by atoms with van der Waals surface area (Å²) in [6.45, 7) is 7.12. The average molecular weight is 792 g/mol. The van der Waals surface area contributed by atoms with Crippen LogP contribution in [0.2, 0.25) is 0 Å². The van der Waals surface area contributed by atoms with Crippen molar-refractivity contribution in [2.24, 2.45) is 0 Å². The molecule has 0 amide bonds. The minimum Gasteiger partial charge on any atom is -0.309 e. The van der Waals surface area contributed by atoms with Gasteiger partial charge in [0.2, 0.25) is 0 Å². The van der Waals surface area contributed by atoms with Crippen LogP contribution < -0.4 is 0 Å². The van der Waals surface area contributed by atoms with Crippen LogP contribution in [0.25, 0.3) is 88.9 Å². The van der Waals surface area contributed by atoms with Crippen molar-refractivity contribution in [1.82, 2.24) is 39.0 Å². The van der Waals surface area contributed by atoms with Gasteiger partial charge in [-0.05, 0) is 75.7 Å². The summed E-state index contributed by atoms with van der Waals surface area (Å²) in [4.78, 5) is 27.0. The third kappa shape index (κ3) is 5.93. The van der Waals surface area contributed by atoms with Crippen molar-refractivity contribution in [2.75, 3.05) is 0 Å². The third-order valence-electron chi connectivity index (χ3n) is 10.8. The second kappa shape index (κ2) is 13.7. The van der Waals surface area contributed by atoms with Crippen LogP contribution in [0, 0.1) is 39.0 Å². The van der Waals surface area contributed by atoms with Crippen LogP contribution in [-0.2, 0) is 6.18 Å². The SMILES string of the molecule is Cc1nc(C)nc(-c2ccc3c4ccccc4n(-c4ccc(-c5cccc(C#N)c5)c(-n5c6ccccc6c6ccc(-c7nc(C)nc(C)n7)cc65)c4C(F)(F)F)c3c2)n1. The zero-order chi connectivity index (χ0) is 41.4. The summed E-state index contributed by atoms with van der Waals surface area (Å²) in [7, 11) is 0. The maximum Gasteiger partial charge on any atom is 0.420 e. The lowest BCUT2D eigenvalue weighted by Gasteiger charge is -2.24. The molecule has 6 aromatic carbocycles. The summed E-state index contributed by atoms with van der Waals surface area (Å²) in [5.41, 5.74) is 3.53. The maximum atomic E-state index is 16.7. The lowest BCUT2D eigenvalue weighted by molar-refractivity contribution is -0.137. The number of hydrogen-bond donors (Lipinski definition) is 0. The molecule has 290 valence electrons. The van der Waals surface area contributed by atoms with Crippen LogP contribution in [-0.4, -0.2) is 39.0 Å². The Morgan fingerprint density at radius 2 is 0.983 bits per heavy atom. The Morgan fingerprint density at radius 1 is 0.483 bits per heavy atom. The molecule has 4 heterocycles. The Bertz CT molecular complexity index is 3410. The molecule has 9 nitrogen and oxygen atoms in total. The van der Waals surface area contributed by atoms with E-state index in [1.807, 2.05) is 84.9 Å². The maximum absolute atomic E-state index is 16.7. The predicted octanol–water partition coefficient (Wildman–Crippen LogP) is 11.4. The van der Waals surface area contributed by atoms with Gasteiger partial charge in [-0.1, -0.05) is 78.9 Å². The smallest absolute Gasteiger partial charge is 0.309 e. The highest BCUT2D eigenvalue weighted by Gasteiger charge is 2.40. The molecule has 0 saturated carbocycles. The summed E-state index contributed by atoms with van der Waals surface area (Å²) in [5, 5.41) is 13.0. The largest absolute Gasteiger partial charge is 0.420 e. The van der Waals surface area contributed by atoms with Gasteiger partial charge < -0.3 is 9.13 Å². The van der Waals surface area contributed by atoms with Gasteiger partial charge in [0, 0.05) is 38.2 Å². The monoisotopic (exact) mass is 791 g/mol. The van der Waals surface area contributed by atoms with Gasteiger partial charge in [-0.25, -0.2) is 29.9 Å². The van der Waals surface area contributed by atoms with E-state index >= 15 is 13.2 Å². The fourth-order valence-electron chi connectivity index (χ4n) is 8.48. The highest BCUT2D eigenvalue weighted by molar-refractivity contribution is 6.12. The first-order valence-electron chi connectivity index (χ1n) is 19.2. The highest BCUT2D eigenvalue weighted by Crippen LogP contribution is 2.48. The first kappa shape index (κ1) is 36.6. The fraction of sp³-hybridized carbons (Fsp3) is 0.104. The Hall–Kier alpha value is -7.78.